The van der Waals surface area contributed by atoms with E-state index in [2.05, 4.69) is 6.92 Å². The average Bonchev–Trinajstić information content (AvgIpc) is 2.21. The van der Waals surface area contributed by atoms with Crippen LogP contribution in [0.25, 0.3) is 0 Å². The number of carboxylic acids is 1. The number of carboxylic acid groups (broad SMARTS) is 1. The van der Waals surface area contributed by atoms with Crippen LogP contribution in [0, 0.1) is 0 Å². The van der Waals surface area contributed by atoms with Crippen molar-refractivity contribution in [2.45, 2.75) is 58.3 Å². The molecule has 0 fully saturated rings. The van der Waals surface area contributed by atoms with E-state index in [0.29, 0.717) is 6.42 Å². The van der Waals surface area contributed by atoms with Gasteiger partial charge in [-0.1, -0.05) is 45.4 Å². The molecule has 0 aromatic rings. The Morgan fingerprint density at radius 1 is 1.00 bits per heavy atom. The molecule has 0 atom stereocenters. The number of hydrogen-bond acceptors (Lipinski definition) is 3. The molecule has 0 radical (unpaired) electrons. The third kappa shape index (κ3) is 7.45. The minimum Gasteiger partial charge on any atom is -0.477 e. The molecule has 0 aliphatic rings. The van der Waals surface area contributed by atoms with E-state index >= 15 is 0 Å². The molecular weight excluding hydrogens is 228 g/mol. The minimum atomic E-state index is -2.58. The summed E-state index contributed by atoms with van der Waals surface area (Å²) in [5, 5.41) is 8.59. The van der Waals surface area contributed by atoms with Crippen molar-refractivity contribution in [1.29, 1.82) is 0 Å². The van der Waals surface area contributed by atoms with E-state index in [1.54, 1.807) is 0 Å². The first kappa shape index (κ1) is 15.2. The second kappa shape index (κ2) is 9.39. The van der Waals surface area contributed by atoms with Gasteiger partial charge >= 0.3 is 5.97 Å². The molecule has 4 nitrogen and oxygen atoms in total. The van der Waals surface area contributed by atoms with Crippen molar-refractivity contribution in [3.05, 3.63) is 0 Å². The van der Waals surface area contributed by atoms with Crippen LogP contribution < -0.4 is 0 Å². The van der Waals surface area contributed by atoms with E-state index in [4.69, 9.17) is 5.11 Å². The highest BCUT2D eigenvalue weighted by Gasteiger charge is 2.10. The van der Waals surface area contributed by atoms with Crippen molar-refractivity contribution < 1.29 is 18.3 Å². The van der Waals surface area contributed by atoms with Gasteiger partial charge in [-0.25, -0.2) is 4.79 Å². The second-order valence-electron chi connectivity index (χ2n) is 3.83. The van der Waals surface area contributed by atoms with Gasteiger partial charge in [-0.05, 0) is 12.8 Å². The summed E-state index contributed by atoms with van der Waals surface area (Å²) < 4.78 is 21.1. The highest BCUT2D eigenvalue weighted by atomic mass is 32.2. The summed E-state index contributed by atoms with van der Waals surface area (Å²) >= 11 is 0. The summed E-state index contributed by atoms with van der Waals surface area (Å²) in [6.45, 7) is 2.15. The predicted molar refractivity (Wildman–Crippen MR) is 64.2 cm³/mol. The molecule has 0 unspecified atom stereocenters. The molecule has 0 amide bonds. The number of hydrogen-bond donors (Lipinski definition) is 1. The molecular formula is C11H20O4S. The SMILES string of the molecule is CCCCCCCCCC(C(=O)O)=S(=O)=O. The van der Waals surface area contributed by atoms with Crippen molar-refractivity contribution in [2.75, 3.05) is 0 Å². The van der Waals surface area contributed by atoms with Gasteiger partial charge in [0.25, 0.3) is 0 Å². The topological polar surface area (TPSA) is 71.4 Å². The van der Waals surface area contributed by atoms with Crippen molar-refractivity contribution >= 4 is 21.1 Å². The molecule has 0 heterocycles. The van der Waals surface area contributed by atoms with Crippen LogP contribution in [0.2, 0.25) is 0 Å². The lowest BCUT2D eigenvalue weighted by Crippen LogP contribution is -2.13. The monoisotopic (exact) mass is 248 g/mol. The van der Waals surface area contributed by atoms with Crippen LogP contribution in [-0.2, 0) is 15.1 Å². The summed E-state index contributed by atoms with van der Waals surface area (Å²) in [5.41, 5.74) is 0. The Balaban J connectivity index is 3.66. The van der Waals surface area contributed by atoms with E-state index < -0.39 is 21.1 Å². The third-order valence-corrected chi connectivity index (χ3v) is 3.23. The second-order valence-corrected chi connectivity index (χ2v) is 4.80. The zero-order valence-electron chi connectivity index (χ0n) is 9.74. The van der Waals surface area contributed by atoms with E-state index in [0.717, 1.165) is 19.3 Å². The van der Waals surface area contributed by atoms with Crippen LogP contribution in [-0.4, -0.2) is 24.4 Å². The highest BCUT2D eigenvalue weighted by molar-refractivity contribution is 7.74. The van der Waals surface area contributed by atoms with Gasteiger partial charge in [-0.2, -0.15) is 8.42 Å². The molecule has 0 aliphatic carbocycles. The van der Waals surface area contributed by atoms with Gasteiger partial charge in [-0.15, -0.1) is 0 Å². The lowest BCUT2D eigenvalue weighted by molar-refractivity contribution is -0.129. The summed E-state index contributed by atoms with van der Waals surface area (Å²) in [7, 11) is -2.58. The van der Waals surface area contributed by atoms with Crippen LogP contribution in [0.1, 0.15) is 58.3 Å². The molecule has 0 aliphatic heterocycles. The summed E-state index contributed by atoms with van der Waals surface area (Å²) in [6.07, 6.45) is 7.54. The first-order chi connectivity index (χ1) is 7.59. The van der Waals surface area contributed by atoms with Crippen molar-refractivity contribution in [3.63, 3.8) is 0 Å². The van der Waals surface area contributed by atoms with Crippen LogP contribution in [0.3, 0.4) is 0 Å². The van der Waals surface area contributed by atoms with Gasteiger partial charge in [0.05, 0.1) is 0 Å². The van der Waals surface area contributed by atoms with Crippen molar-refractivity contribution in [2.24, 2.45) is 0 Å². The summed E-state index contributed by atoms with van der Waals surface area (Å²) in [6, 6.07) is 0. The summed E-state index contributed by atoms with van der Waals surface area (Å²) in [5.74, 6) is -1.32. The molecule has 0 saturated heterocycles. The van der Waals surface area contributed by atoms with E-state index in [-0.39, 0.29) is 6.42 Å². The van der Waals surface area contributed by atoms with Gasteiger partial charge in [0.1, 0.15) is 0 Å². The normalized spacial score (nSPS) is 10.1. The molecule has 0 bridgehead atoms. The van der Waals surface area contributed by atoms with Crippen LogP contribution >= 0.6 is 0 Å². The molecule has 0 aromatic heterocycles. The quantitative estimate of drug-likeness (QED) is 0.502. The Morgan fingerprint density at radius 2 is 1.50 bits per heavy atom. The number of unbranched alkanes of at least 4 members (excludes halogenated alkanes) is 6. The largest absolute Gasteiger partial charge is 0.477 e. The van der Waals surface area contributed by atoms with Crippen molar-refractivity contribution in [1.82, 2.24) is 0 Å². The first-order valence-corrected chi connectivity index (χ1v) is 6.85. The Hall–Kier alpha value is -0.840. The van der Waals surface area contributed by atoms with Crippen molar-refractivity contribution in [3.8, 4) is 0 Å². The fraction of sp³-hybridized carbons (Fsp3) is 0.818. The Morgan fingerprint density at radius 3 is 1.94 bits per heavy atom. The standard InChI is InChI=1S/C11H20O4S/c1-2-3-4-5-6-7-8-9-10(11(12)13)16(14)15/h2-9H2,1H3,(H,12,13). The van der Waals surface area contributed by atoms with Gasteiger partial charge in [0.2, 0.25) is 10.3 Å². The number of aliphatic carboxylic acids is 1. The van der Waals surface area contributed by atoms with Gasteiger partial charge in [-0.3, -0.25) is 0 Å². The zero-order valence-corrected chi connectivity index (χ0v) is 10.6. The zero-order chi connectivity index (χ0) is 12.4. The smallest absolute Gasteiger partial charge is 0.347 e. The maximum atomic E-state index is 10.5. The average molecular weight is 248 g/mol. The van der Waals surface area contributed by atoms with Gasteiger partial charge < -0.3 is 5.11 Å². The minimum absolute atomic E-state index is 0.152. The predicted octanol–water partition coefficient (Wildman–Crippen LogP) is 2.26. The number of carbonyl (C=O) groups is 1. The Bertz CT molecular complexity index is 322. The molecule has 0 spiro atoms. The number of rotatable bonds is 9. The van der Waals surface area contributed by atoms with E-state index in [1.165, 1.54) is 19.3 Å². The maximum Gasteiger partial charge on any atom is 0.347 e. The molecule has 16 heavy (non-hydrogen) atoms. The molecule has 5 heteroatoms. The first-order valence-electron chi connectivity index (χ1n) is 5.78. The van der Waals surface area contributed by atoms with E-state index in [1.807, 2.05) is 0 Å². The Labute approximate surface area is 98.2 Å². The molecule has 1 N–H and O–H groups in total. The molecule has 0 rings (SSSR count). The molecule has 0 saturated carbocycles. The fourth-order valence-corrected chi connectivity index (χ4v) is 1.96. The highest BCUT2D eigenvalue weighted by Crippen LogP contribution is 2.08. The van der Waals surface area contributed by atoms with E-state index in [9.17, 15) is 13.2 Å². The fourth-order valence-electron chi connectivity index (χ4n) is 1.50. The van der Waals surface area contributed by atoms with Gasteiger partial charge in [0, 0.05) is 0 Å². The summed E-state index contributed by atoms with van der Waals surface area (Å²) in [4.78, 5) is 10.1. The van der Waals surface area contributed by atoms with Crippen LogP contribution in [0.4, 0.5) is 0 Å². The van der Waals surface area contributed by atoms with Gasteiger partial charge in [0.15, 0.2) is 4.86 Å². The lowest BCUT2D eigenvalue weighted by Gasteiger charge is -2.00. The van der Waals surface area contributed by atoms with Crippen LogP contribution in [0.5, 0.6) is 0 Å². The third-order valence-electron chi connectivity index (χ3n) is 2.45. The Kier molecular flexibility index (Phi) is 8.90. The molecule has 94 valence electrons. The maximum absolute atomic E-state index is 10.5. The lowest BCUT2D eigenvalue weighted by atomic mass is 10.1. The van der Waals surface area contributed by atoms with Crippen LogP contribution in [0.15, 0.2) is 0 Å². The molecule has 0 aromatic carbocycles.